The largest absolute Gasteiger partial charge is 0.337 e. The van der Waals surface area contributed by atoms with Crippen molar-refractivity contribution in [2.45, 2.75) is 25.4 Å². The fraction of sp³-hybridized carbons (Fsp3) is 0.222. The third-order valence-corrected chi connectivity index (χ3v) is 4.22. The zero-order chi connectivity index (χ0) is 18.1. The SMILES string of the molecule is O=C1CCC(c2nc(-c3ccccn3)no2)N1Cc1cc(F)cc(F)c1. The second-order valence-corrected chi connectivity index (χ2v) is 6.03. The Hall–Kier alpha value is -3.16. The number of halogens is 2. The number of benzene rings is 1. The van der Waals surface area contributed by atoms with Gasteiger partial charge in [-0.05, 0) is 36.2 Å². The van der Waals surface area contributed by atoms with Crippen LogP contribution in [0.4, 0.5) is 8.78 Å². The molecule has 1 aromatic carbocycles. The van der Waals surface area contributed by atoms with Crippen LogP contribution in [0.25, 0.3) is 11.5 Å². The first kappa shape index (κ1) is 16.3. The van der Waals surface area contributed by atoms with Crippen molar-refractivity contribution in [2.75, 3.05) is 0 Å². The molecule has 3 heterocycles. The second-order valence-electron chi connectivity index (χ2n) is 6.03. The van der Waals surface area contributed by atoms with E-state index in [4.69, 9.17) is 4.52 Å². The maximum atomic E-state index is 13.4. The molecule has 2 aromatic heterocycles. The Labute approximate surface area is 147 Å². The van der Waals surface area contributed by atoms with Crippen LogP contribution in [0.3, 0.4) is 0 Å². The highest BCUT2D eigenvalue weighted by Crippen LogP contribution is 2.34. The molecule has 0 radical (unpaired) electrons. The summed E-state index contributed by atoms with van der Waals surface area (Å²) in [4.78, 5) is 22.3. The third-order valence-electron chi connectivity index (χ3n) is 4.22. The Morgan fingerprint density at radius 1 is 1.19 bits per heavy atom. The Morgan fingerprint density at radius 3 is 2.73 bits per heavy atom. The molecule has 0 bridgehead atoms. The van der Waals surface area contributed by atoms with Crippen molar-refractivity contribution in [2.24, 2.45) is 0 Å². The zero-order valence-corrected chi connectivity index (χ0v) is 13.6. The smallest absolute Gasteiger partial charge is 0.249 e. The number of carbonyl (C=O) groups excluding carboxylic acids is 1. The van der Waals surface area contributed by atoms with Gasteiger partial charge in [-0.2, -0.15) is 4.98 Å². The van der Waals surface area contributed by atoms with Gasteiger partial charge in [0, 0.05) is 25.2 Å². The maximum absolute atomic E-state index is 13.4. The minimum absolute atomic E-state index is 0.0689. The van der Waals surface area contributed by atoms with Crippen LogP contribution in [-0.2, 0) is 11.3 Å². The van der Waals surface area contributed by atoms with Crippen molar-refractivity contribution in [3.63, 3.8) is 0 Å². The van der Waals surface area contributed by atoms with E-state index in [2.05, 4.69) is 15.1 Å². The fourth-order valence-electron chi connectivity index (χ4n) is 3.06. The van der Waals surface area contributed by atoms with E-state index in [-0.39, 0.29) is 18.3 Å². The van der Waals surface area contributed by atoms with Gasteiger partial charge in [-0.1, -0.05) is 11.2 Å². The maximum Gasteiger partial charge on any atom is 0.249 e. The normalized spacial score (nSPS) is 17.1. The molecular formula is C18H14F2N4O2. The van der Waals surface area contributed by atoms with E-state index >= 15 is 0 Å². The van der Waals surface area contributed by atoms with Crippen LogP contribution in [0.15, 0.2) is 47.1 Å². The van der Waals surface area contributed by atoms with E-state index in [9.17, 15) is 13.6 Å². The number of aromatic nitrogens is 3. The van der Waals surface area contributed by atoms with Gasteiger partial charge in [-0.15, -0.1) is 0 Å². The topological polar surface area (TPSA) is 72.1 Å². The average molecular weight is 356 g/mol. The van der Waals surface area contributed by atoms with E-state index in [1.54, 1.807) is 18.3 Å². The number of nitrogens with zero attached hydrogens (tertiary/aromatic N) is 4. The average Bonchev–Trinajstić information content (AvgIpc) is 3.23. The monoisotopic (exact) mass is 356 g/mol. The van der Waals surface area contributed by atoms with Gasteiger partial charge in [-0.3, -0.25) is 9.78 Å². The molecule has 0 spiro atoms. The first-order valence-electron chi connectivity index (χ1n) is 8.09. The van der Waals surface area contributed by atoms with Gasteiger partial charge >= 0.3 is 0 Å². The van der Waals surface area contributed by atoms with E-state index in [1.165, 1.54) is 17.0 Å². The molecule has 6 nitrogen and oxygen atoms in total. The van der Waals surface area contributed by atoms with Crippen molar-refractivity contribution >= 4 is 5.91 Å². The van der Waals surface area contributed by atoms with Crippen molar-refractivity contribution < 1.29 is 18.1 Å². The molecule has 0 N–H and O–H groups in total. The quantitative estimate of drug-likeness (QED) is 0.717. The molecule has 26 heavy (non-hydrogen) atoms. The molecule has 1 amide bonds. The Kier molecular flexibility index (Phi) is 4.16. The molecule has 0 aliphatic carbocycles. The number of carbonyl (C=O) groups is 1. The van der Waals surface area contributed by atoms with Crippen molar-refractivity contribution in [1.29, 1.82) is 0 Å². The van der Waals surface area contributed by atoms with Crippen molar-refractivity contribution in [3.05, 3.63) is 65.7 Å². The molecule has 0 saturated carbocycles. The van der Waals surface area contributed by atoms with Crippen LogP contribution >= 0.6 is 0 Å². The highest BCUT2D eigenvalue weighted by Gasteiger charge is 2.36. The summed E-state index contributed by atoms with van der Waals surface area (Å²) in [5.41, 5.74) is 0.929. The number of likely N-dealkylation sites (tertiary alicyclic amines) is 1. The van der Waals surface area contributed by atoms with Crippen molar-refractivity contribution in [3.8, 4) is 11.5 Å². The Bertz CT molecular complexity index is 925. The second kappa shape index (κ2) is 6.62. The van der Waals surface area contributed by atoms with Gasteiger partial charge in [0.05, 0.1) is 0 Å². The first-order chi connectivity index (χ1) is 12.6. The van der Waals surface area contributed by atoms with E-state index in [0.29, 0.717) is 29.9 Å². The van der Waals surface area contributed by atoms with E-state index in [1.807, 2.05) is 6.07 Å². The summed E-state index contributed by atoms with van der Waals surface area (Å²) in [6.45, 7) is 0.0689. The van der Waals surface area contributed by atoms with Gasteiger partial charge in [0.25, 0.3) is 0 Å². The molecule has 3 aromatic rings. The fourth-order valence-corrected chi connectivity index (χ4v) is 3.06. The first-order valence-corrected chi connectivity index (χ1v) is 8.09. The summed E-state index contributed by atoms with van der Waals surface area (Å²) < 4.78 is 32.2. The van der Waals surface area contributed by atoms with Gasteiger partial charge in [0.1, 0.15) is 23.4 Å². The summed E-state index contributed by atoms with van der Waals surface area (Å²) >= 11 is 0. The van der Waals surface area contributed by atoms with Crippen molar-refractivity contribution in [1.82, 2.24) is 20.0 Å². The number of pyridine rings is 1. The third kappa shape index (κ3) is 3.17. The highest BCUT2D eigenvalue weighted by atomic mass is 19.1. The predicted octanol–water partition coefficient (Wildman–Crippen LogP) is 3.27. The number of hydrogen-bond acceptors (Lipinski definition) is 5. The Balaban J connectivity index is 1.59. The minimum atomic E-state index is -0.682. The molecule has 1 unspecified atom stereocenters. The lowest BCUT2D eigenvalue weighted by atomic mass is 10.1. The lowest BCUT2D eigenvalue weighted by Gasteiger charge is -2.22. The van der Waals surface area contributed by atoms with Gasteiger partial charge in [0.15, 0.2) is 0 Å². The molecule has 1 aliphatic rings. The molecule has 4 rings (SSSR count). The molecule has 1 atom stereocenters. The van der Waals surface area contributed by atoms with E-state index in [0.717, 1.165) is 6.07 Å². The number of hydrogen-bond donors (Lipinski definition) is 0. The van der Waals surface area contributed by atoms with Crippen LogP contribution in [0.5, 0.6) is 0 Å². The van der Waals surface area contributed by atoms with Crippen LogP contribution in [0.1, 0.15) is 30.3 Å². The molecule has 1 aliphatic heterocycles. The summed E-state index contributed by atoms with van der Waals surface area (Å²) in [6, 6.07) is 8.12. The number of rotatable bonds is 4. The highest BCUT2D eigenvalue weighted by molar-refractivity contribution is 5.78. The summed E-state index contributed by atoms with van der Waals surface area (Å²) in [5.74, 6) is -0.876. The van der Waals surface area contributed by atoms with Crippen LogP contribution in [0, 0.1) is 11.6 Å². The summed E-state index contributed by atoms with van der Waals surface area (Å²) in [6.07, 6.45) is 2.43. The summed E-state index contributed by atoms with van der Waals surface area (Å²) in [7, 11) is 0. The van der Waals surface area contributed by atoms with Gasteiger partial charge in [0.2, 0.25) is 17.6 Å². The van der Waals surface area contributed by atoms with E-state index < -0.39 is 17.7 Å². The lowest BCUT2D eigenvalue weighted by Crippen LogP contribution is -2.27. The standard InChI is InChI=1S/C18H14F2N4O2/c19-12-7-11(8-13(20)9-12)10-24-15(4-5-16(24)25)18-22-17(23-26-18)14-3-1-2-6-21-14/h1-3,6-9,15H,4-5,10H2. The van der Waals surface area contributed by atoms with Gasteiger partial charge in [-0.25, -0.2) is 8.78 Å². The molecule has 1 fully saturated rings. The van der Waals surface area contributed by atoms with Gasteiger partial charge < -0.3 is 9.42 Å². The predicted molar refractivity (Wildman–Crippen MR) is 86.4 cm³/mol. The molecular weight excluding hydrogens is 342 g/mol. The lowest BCUT2D eigenvalue weighted by molar-refractivity contribution is -0.130. The Morgan fingerprint density at radius 2 is 2.00 bits per heavy atom. The van der Waals surface area contributed by atoms with Crippen LogP contribution in [-0.4, -0.2) is 25.9 Å². The van der Waals surface area contributed by atoms with Crippen LogP contribution < -0.4 is 0 Å². The zero-order valence-electron chi connectivity index (χ0n) is 13.6. The summed E-state index contributed by atoms with van der Waals surface area (Å²) in [5, 5.41) is 3.92. The number of amides is 1. The van der Waals surface area contributed by atoms with Crippen LogP contribution in [0.2, 0.25) is 0 Å². The minimum Gasteiger partial charge on any atom is -0.337 e. The molecule has 8 heteroatoms. The molecule has 132 valence electrons. The molecule has 1 saturated heterocycles.